The van der Waals surface area contributed by atoms with Crippen LogP contribution in [0.3, 0.4) is 0 Å². The van der Waals surface area contributed by atoms with Crippen molar-refractivity contribution >= 4 is 33.3 Å². The number of rotatable bonds is 1. The summed E-state index contributed by atoms with van der Waals surface area (Å²) in [4.78, 5) is 8.51. The Morgan fingerprint density at radius 3 is 2.95 bits per heavy atom. The Balaban J connectivity index is 1.81. The summed E-state index contributed by atoms with van der Waals surface area (Å²) in [5, 5.41) is 4.19. The first-order chi connectivity index (χ1) is 9.22. The van der Waals surface area contributed by atoms with Crippen molar-refractivity contribution in [2.24, 2.45) is 0 Å². The third-order valence-corrected chi connectivity index (χ3v) is 5.45. The van der Waals surface area contributed by atoms with Gasteiger partial charge in [0.2, 0.25) is 0 Å². The van der Waals surface area contributed by atoms with E-state index in [2.05, 4.69) is 43.3 Å². The number of nitrogens with one attached hydrogen (secondary N) is 1. The fourth-order valence-corrected chi connectivity index (χ4v) is 3.82. The highest BCUT2D eigenvalue weighted by atomic mass is 79.9. The summed E-state index contributed by atoms with van der Waals surface area (Å²) in [5.41, 5.74) is 2.62. The van der Waals surface area contributed by atoms with E-state index < -0.39 is 0 Å². The second kappa shape index (κ2) is 3.93. The highest BCUT2D eigenvalue weighted by Crippen LogP contribution is 2.65. The van der Waals surface area contributed by atoms with Crippen molar-refractivity contribution < 1.29 is 0 Å². The molecule has 1 saturated carbocycles. The summed E-state index contributed by atoms with van der Waals surface area (Å²) >= 11 is 9.95. The lowest BCUT2D eigenvalue weighted by Crippen LogP contribution is -2.12. The number of hydrogen-bond acceptors (Lipinski definition) is 3. The van der Waals surface area contributed by atoms with Gasteiger partial charge >= 0.3 is 0 Å². The molecule has 1 aliphatic heterocycles. The minimum absolute atomic E-state index is 0.116. The van der Waals surface area contributed by atoms with E-state index in [0.717, 1.165) is 28.3 Å². The quantitative estimate of drug-likeness (QED) is 0.862. The summed E-state index contributed by atoms with van der Waals surface area (Å²) in [6, 6.07) is 4.19. The molecule has 1 spiro atoms. The molecule has 0 radical (unpaired) electrons. The van der Waals surface area contributed by atoms with Crippen molar-refractivity contribution in [3.05, 3.63) is 51.3 Å². The topological polar surface area (TPSA) is 37.8 Å². The van der Waals surface area contributed by atoms with Gasteiger partial charge in [0.05, 0.1) is 9.50 Å². The maximum absolute atomic E-state index is 6.48. The Bertz CT molecular complexity index is 661. The monoisotopic (exact) mass is 335 g/mol. The summed E-state index contributed by atoms with van der Waals surface area (Å²) in [6.07, 6.45) is 6.59. The van der Waals surface area contributed by atoms with Crippen LogP contribution in [0.2, 0.25) is 5.02 Å². The van der Waals surface area contributed by atoms with Crippen LogP contribution in [0.1, 0.15) is 23.5 Å². The number of anilines is 1. The Labute approximate surface area is 124 Å². The van der Waals surface area contributed by atoms with E-state index in [1.807, 2.05) is 12.4 Å². The van der Waals surface area contributed by atoms with Crippen LogP contribution in [0.15, 0.2) is 35.2 Å². The van der Waals surface area contributed by atoms with Crippen molar-refractivity contribution in [1.82, 2.24) is 9.97 Å². The number of pyridine rings is 2. The van der Waals surface area contributed by atoms with E-state index >= 15 is 0 Å². The molecule has 0 aromatic carbocycles. The molecule has 96 valence electrons. The summed E-state index contributed by atoms with van der Waals surface area (Å²) in [5.74, 6) is 1.45. The molecule has 19 heavy (non-hydrogen) atoms. The van der Waals surface area contributed by atoms with Crippen LogP contribution >= 0.6 is 27.5 Å². The Morgan fingerprint density at radius 2 is 2.16 bits per heavy atom. The molecule has 2 aromatic heterocycles. The van der Waals surface area contributed by atoms with Gasteiger partial charge in [0, 0.05) is 36.1 Å². The van der Waals surface area contributed by atoms with Gasteiger partial charge in [-0.3, -0.25) is 4.98 Å². The van der Waals surface area contributed by atoms with Crippen LogP contribution in [0.5, 0.6) is 0 Å². The van der Waals surface area contributed by atoms with E-state index in [1.165, 1.54) is 11.1 Å². The Kier molecular flexibility index (Phi) is 2.42. The van der Waals surface area contributed by atoms with Crippen molar-refractivity contribution in [2.75, 3.05) is 11.9 Å². The zero-order valence-electron chi connectivity index (χ0n) is 10.0. The highest BCUT2D eigenvalue weighted by Gasteiger charge is 2.60. The van der Waals surface area contributed by atoms with Crippen molar-refractivity contribution in [2.45, 2.75) is 17.8 Å². The molecule has 3 nitrogen and oxygen atoms in total. The number of hydrogen-bond donors (Lipinski definition) is 1. The van der Waals surface area contributed by atoms with E-state index in [1.54, 1.807) is 6.20 Å². The van der Waals surface area contributed by atoms with Gasteiger partial charge in [-0.15, -0.1) is 0 Å². The molecule has 4 rings (SSSR count). The molecule has 2 aliphatic rings. The van der Waals surface area contributed by atoms with Gasteiger partial charge in [-0.2, -0.15) is 0 Å². The molecule has 0 amide bonds. The van der Waals surface area contributed by atoms with Crippen molar-refractivity contribution in [1.29, 1.82) is 0 Å². The first-order valence-electron chi connectivity index (χ1n) is 6.21. The summed E-state index contributed by atoms with van der Waals surface area (Å²) in [6.45, 7) is 0.915. The minimum atomic E-state index is 0.116. The van der Waals surface area contributed by atoms with Crippen LogP contribution in [0.25, 0.3) is 0 Å². The molecule has 2 aromatic rings. The molecule has 0 unspecified atom stereocenters. The average molecular weight is 337 g/mol. The predicted molar refractivity (Wildman–Crippen MR) is 78.7 cm³/mol. The molecule has 0 saturated heterocycles. The van der Waals surface area contributed by atoms with Crippen molar-refractivity contribution in [3.8, 4) is 0 Å². The molecule has 1 fully saturated rings. The normalized spacial score (nSPS) is 27.2. The SMILES string of the molecule is Clc1c(Br)cnc2c1[C@@]1(CN2)C[C@@H]1c1ccncc1. The third kappa shape index (κ3) is 1.56. The molecule has 5 heteroatoms. The van der Waals surface area contributed by atoms with Gasteiger partial charge in [-0.1, -0.05) is 11.6 Å². The molecule has 2 atom stereocenters. The highest BCUT2D eigenvalue weighted by molar-refractivity contribution is 9.10. The van der Waals surface area contributed by atoms with Crippen LogP contribution in [0, 0.1) is 0 Å². The molecule has 1 aliphatic carbocycles. The zero-order valence-corrected chi connectivity index (χ0v) is 12.4. The lowest BCUT2D eigenvalue weighted by Gasteiger charge is -2.12. The second-order valence-corrected chi connectivity index (χ2v) is 6.42. The maximum Gasteiger partial charge on any atom is 0.131 e. The molecular formula is C14H11BrClN3. The van der Waals surface area contributed by atoms with Crippen LogP contribution in [0.4, 0.5) is 5.82 Å². The number of aromatic nitrogens is 2. The molecule has 3 heterocycles. The standard InChI is InChI=1S/C14H11BrClN3/c15-10-6-18-13-11(12(10)16)14(7-19-13)5-9(14)8-1-3-17-4-2-8/h1-4,6,9H,5,7H2,(H,18,19)/t9-,14-/m1/s1. The molecule has 1 N–H and O–H groups in total. The summed E-state index contributed by atoms with van der Waals surface area (Å²) in [7, 11) is 0. The lowest BCUT2D eigenvalue weighted by atomic mass is 9.94. The number of halogens is 2. The molecular weight excluding hydrogens is 326 g/mol. The first kappa shape index (κ1) is 11.7. The number of fused-ring (bicyclic) bond motifs is 2. The summed E-state index contributed by atoms with van der Waals surface area (Å²) < 4.78 is 0.872. The maximum atomic E-state index is 6.48. The second-order valence-electron chi connectivity index (χ2n) is 5.19. The Hall–Kier alpha value is -1.13. The Morgan fingerprint density at radius 1 is 1.37 bits per heavy atom. The van der Waals surface area contributed by atoms with E-state index in [0.29, 0.717) is 5.92 Å². The zero-order chi connectivity index (χ0) is 13.0. The molecule has 0 bridgehead atoms. The van der Waals surface area contributed by atoms with Gasteiger partial charge in [-0.05, 0) is 46.0 Å². The fourth-order valence-electron chi connectivity index (χ4n) is 3.19. The van der Waals surface area contributed by atoms with E-state index in [4.69, 9.17) is 11.6 Å². The van der Waals surface area contributed by atoms with Gasteiger partial charge in [0.25, 0.3) is 0 Å². The number of nitrogens with zero attached hydrogens (tertiary/aromatic N) is 2. The minimum Gasteiger partial charge on any atom is -0.369 e. The van der Waals surface area contributed by atoms with Gasteiger partial charge in [0.1, 0.15) is 5.82 Å². The lowest BCUT2D eigenvalue weighted by molar-refractivity contribution is 0.739. The third-order valence-electron chi connectivity index (χ3n) is 4.23. The van der Waals surface area contributed by atoms with Gasteiger partial charge in [-0.25, -0.2) is 4.98 Å². The van der Waals surface area contributed by atoms with Gasteiger partial charge in [0.15, 0.2) is 0 Å². The smallest absolute Gasteiger partial charge is 0.131 e. The largest absolute Gasteiger partial charge is 0.369 e. The van der Waals surface area contributed by atoms with Crippen LogP contribution < -0.4 is 5.32 Å². The predicted octanol–water partition coefficient (Wildman–Crippen LogP) is 3.74. The van der Waals surface area contributed by atoms with E-state index in [-0.39, 0.29) is 5.41 Å². The fraction of sp³-hybridized carbons (Fsp3) is 0.286. The first-order valence-corrected chi connectivity index (χ1v) is 7.38. The van der Waals surface area contributed by atoms with Crippen LogP contribution in [-0.2, 0) is 5.41 Å². The van der Waals surface area contributed by atoms with Crippen LogP contribution in [-0.4, -0.2) is 16.5 Å². The van der Waals surface area contributed by atoms with E-state index in [9.17, 15) is 0 Å². The average Bonchev–Trinajstić information content (AvgIpc) is 3.04. The van der Waals surface area contributed by atoms with Crippen molar-refractivity contribution in [3.63, 3.8) is 0 Å². The van der Waals surface area contributed by atoms with Gasteiger partial charge < -0.3 is 5.32 Å².